The van der Waals surface area contributed by atoms with E-state index in [0.717, 1.165) is 12.2 Å². The Morgan fingerprint density at radius 2 is 1.76 bits per heavy atom. The lowest BCUT2D eigenvalue weighted by molar-refractivity contribution is -0.125. The van der Waals surface area contributed by atoms with E-state index in [0.29, 0.717) is 69.8 Å². The van der Waals surface area contributed by atoms with Gasteiger partial charge in [0.1, 0.15) is 0 Å². The molecule has 1 aromatic rings. The van der Waals surface area contributed by atoms with E-state index < -0.39 is 0 Å². The third-order valence-electron chi connectivity index (χ3n) is 5.22. The number of amides is 5. The van der Waals surface area contributed by atoms with Gasteiger partial charge >= 0.3 is 0 Å². The van der Waals surface area contributed by atoms with Crippen molar-refractivity contribution in [2.24, 2.45) is 0 Å². The van der Waals surface area contributed by atoms with Gasteiger partial charge in [-0.15, -0.1) is 0 Å². The Morgan fingerprint density at radius 3 is 2.38 bits per heavy atom. The van der Waals surface area contributed by atoms with Crippen molar-refractivity contribution >= 4 is 36.2 Å². The first-order chi connectivity index (χ1) is 17.9. The van der Waals surface area contributed by atoms with Crippen molar-refractivity contribution < 1.29 is 33.4 Å². The fraction of sp³-hybridized carbons (Fsp3) is 0.577. The number of carbonyl (C=O) groups is 5. The first-order valence-electron chi connectivity index (χ1n) is 12.7. The van der Waals surface area contributed by atoms with E-state index in [4.69, 9.17) is 9.47 Å². The van der Waals surface area contributed by atoms with Gasteiger partial charge in [0.2, 0.25) is 24.6 Å². The molecule has 0 aromatic heterocycles. The van der Waals surface area contributed by atoms with E-state index >= 15 is 0 Å². The van der Waals surface area contributed by atoms with Gasteiger partial charge in [-0.2, -0.15) is 0 Å². The lowest BCUT2D eigenvalue weighted by atomic mass is 10.1. The van der Waals surface area contributed by atoms with Gasteiger partial charge in [-0.3, -0.25) is 29.3 Å². The van der Waals surface area contributed by atoms with Crippen molar-refractivity contribution in [3.8, 4) is 0 Å². The summed E-state index contributed by atoms with van der Waals surface area (Å²) in [6.07, 6.45) is 2.07. The van der Waals surface area contributed by atoms with Crippen molar-refractivity contribution in [2.45, 2.75) is 66.5 Å². The zero-order valence-corrected chi connectivity index (χ0v) is 22.6. The van der Waals surface area contributed by atoms with Gasteiger partial charge in [0.25, 0.3) is 5.91 Å². The SMILES string of the molecule is CC.CC(CCC(=O)NC=O)N1Cc2c(NC=O)cccc2C1=O.CCOCCOCCNC(=O)CC. The average Bonchev–Trinajstić information content (AvgIpc) is 3.26. The molecule has 5 amide bonds. The second kappa shape index (κ2) is 20.8. The Balaban J connectivity index is 0.000000742. The molecule has 0 radical (unpaired) electrons. The molecule has 1 heterocycles. The van der Waals surface area contributed by atoms with Crippen LogP contribution in [0.15, 0.2) is 18.2 Å². The van der Waals surface area contributed by atoms with Crippen LogP contribution in [0.5, 0.6) is 0 Å². The summed E-state index contributed by atoms with van der Waals surface area (Å²) in [6.45, 7) is 13.1. The van der Waals surface area contributed by atoms with Crippen LogP contribution in [-0.2, 0) is 35.2 Å². The van der Waals surface area contributed by atoms with Gasteiger partial charge in [0.15, 0.2) is 0 Å². The van der Waals surface area contributed by atoms with Crippen molar-refractivity contribution in [1.82, 2.24) is 15.5 Å². The topological polar surface area (TPSA) is 143 Å². The smallest absolute Gasteiger partial charge is 0.254 e. The Kier molecular flexibility index (Phi) is 19.0. The Bertz CT molecular complexity index is 848. The van der Waals surface area contributed by atoms with E-state index in [1.54, 1.807) is 23.1 Å². The molecule has 11 nitrogen and oxygen atoms in total. The minimum atomic E-state index is -0.366. The van der Waals surface area contributed by atoms with Crippen LogP contribution >= 0.6 is 0 Å². The molecule has 0 saturated carbocycles. The van der Waals surface area contributed by atoms with Crippen molar-refractivity contribution in [2.75, 3.05) is 38.3 Å². The van der Waals surface area contributed by atoms with Gasteiger partial charge in [0.05, 0.1) is 19.8 Å². The van der Waals surface area contributed by atoms with E-state index in [9.17, 15) is 24.0 Å². The van der Waals surface area contributed by atoms with Gasteiger partial charge in [-0.05, 0) is 32.4 Å². The molecule has 1 atom stereocenters. The summed E-state index contributed by atoms with van der Waals surface area (Å²) in [5, 5.41) is 7.38. The molecular weight excluding hydrogens is 480 g/mol. The molecule has 37 heavy (non-hydrogen) atoms. The maximum atomic E-state index is 12.4. The maximum absolute atomic E-state index is 12.4. The molecule has 0 spiro atoms. The number of carbonyl (C=O) groups excluding carboxylic acids is 5. The first-order valence-corrected chi connectivity index (χ1v) is 12.7. The third-order valence-corrected chi connectivity index (χ3v) is 5.22. The van der Waals surface area contributed by atoms with Gasteiger partial charge in [-0.25, -0.2) is 0 Å². The first kappa shape index (κ1) is 33.7. The van der Waals surface area contributed by atoms with Gasteiger partial charge < -0.3 is 25.0 Å². The van der Waals surface area contributed by atoms with E-state index in [2.05, 4.69) is 16.0 Å². The highest BCUT2D eigenvalue weighted by molar-refractivity contribution is 6.01. The van der Waals surface area contributed by atoms with Crippen LogP contribution in [0, 0.1) is 0 Å². The summed E-state index contributed by atoms with van der Waals surface area (Å²) in [7, 11) is 0. The molecule has 11 heteroatoms. The molecule has 1 unspecified atom stereocenters. The lowest BCUT2D eigenvalue weighted by Crippen LogP contribution is -2.34. The normalized spacial score (nSPS) is 12.1. The van der Waals surface area contributed by atoms with Crippen LogP contribution in [-0.4, -0.2) is 74.5 Å². The molecule has 1 aromatic carbocycles. The molecule has 3 N–H and O–H groups in total. The molecule has 1 aliphatic heterocycles. The highest BCUT2D eigenvalue weighted by atomic mass is 16.5. The van der Waals surface area contributed by atoms with Crippen LogP contribution < -0.4 is 16.0 Å². The number of benzene rings is 1. The number of nitrogens with zero attached hydrogens (tertiary/aromatic N) is 1. The quantitative estimate of drug-likeness (QED) is 0.237. The molecule has 208 valence electrons. The monoisotopic (exact) mass is 522 g/mol. The zero-order chi connectivity index (χ0) is 28.1. The lowest BCUT2D eigenvalue weighted by Gasteiger charge is -2.24. The number of rotatable bonds is 15. The highest BCUT2D eigenvalue weighted by Crippen LogP contribution is 2.31. The molecule has 1 aliphatic rings. The van der Waals surface area contributed by atoms with Crippen LogP contribution in [0.3, 0.4) is 0 Å². The van der Waals surface area contributed by atoms with Crippen LogP contribution in [0.1, 0.15) is 69.8 Å². The molecule has 0 aliphatic carbocycles. The predicted molar refractivity (Wildman–Crippen MR) is 141 cm³/mol. The van der Waals surface area contributed by atoms with Crippen molar-refractivity contribution in [1.29, 1.82) is 0 Å². The largest absolute Gasteiger partial charge is 0.379 e. The van der Waals surface area contributed by atoms with Crippen LogP contribution in [0.2, 0.25) is 0 Å². The van der Waals surface area contributed by atoms with Crippen LogP contribution in [0.25, 0.3) is 0 Å². The number of fused-ring (bicyclic) bond motifs is 1. The Morgan fingerprint density at radius 1 is 1.05 bits per heavy atom. The van der Waals surface area contributed by atoms with Crippen LogP contribution in [0.4, 0.5) is 5.69 Å². The number of ether oxygens (including phenoxy) is 2. The number of hydrogen-bond donors (Lipinski definition) is 3. The summed E-state index contributed by atoms with van der Waals surface area (Å²) in [4.78, 5) is 57.0. The Labute approximate surface area is 219 Å². The second-order valence-corrected chi connectivity index (χ2v) is 7.61. The van der Waals surface area contributed by atoms with E-state index in [-0.39, 0.29) is 30.2 Å². The fourth-order valence-electron chi connectivity index (χ4n) is 3.29. The number of nitrogens with one attached hydrogen (secondary N) is 3. The standard InChI is InChI=1S/C15H17N3O4.C9H19NO3.C2H6/c1-10(5-6-14(21)17-9-20)18-7-12-11(15(18)22)3-2-4-13(12)16-8-19;1-3-9(11)10-5-6-13-8-7-12-4-2;1-2/h2-4,8-10H,5-7H2,1H3,(H,16,19)(H,17,20,21);3-8H2,1-2H3,(H,10,11);1-2H3. The predicted octanol–water partition coefficient (Wildman–Crippen LogP) is 2.24. The number of imide groups is 1. The van der Waals surface area contributed by atoms with Gasteiger partial charge in [0, 0.05) is 55.4 Å². The second-order valence-electron chi connectivity index (χ2n) is 7.61. The summed E-state index contributed by atoms with van der Waals surface area (Å²) >= 11 is 0. The molecule has 0 bridgehead atoms. The summed E-state index contributed by atoms with van der Waals surface area (Å²) < 4.78 is 10.3. The third kappa shape index (κ3) is 13.0. The minimum Gasteiger partial charge on any atom is -0.379 e. The number of hydrogen-bond acceptors (Lipinski definition) is 7. The Hall–Kier alpha value is -3.31. The molecule has 0 fully saturated rings. The minimum absolute atomic E-state index is 0.0633. The zero-order valence-electron chi connectivity index (χ0n) is 22.6. The summed E-state index contributed by atoms with van der Waals surface area (Å²) in [6, 6.07) is 5.03. The van der Waals surface area contributed by atoms with E-state index in [1.165, 1.54) is 0 Å². The molecule has 2 rings (SSSR count). The molecule has 0 saturated heterocycles. The summed E-state index contributed by atoms with van der Waals surface area (Å²) in [5.74, 6) is -0.421. The van der Waals surface area contributed by atoms with Crippen molar-refractivity contribution in [3.63, 3.8) is 0 Å². The fourth-order valence-corrected chi connectivity index (χ4v) is 3.29. The van der Waals surface area contributed by atoms with Gasteiger partial charge in [-0.1, -0.05) is 26.8 Å². The summed E-state index contributed by atoms with van der Waals surface area (Å²) in [5.41, 5.74) is 1.97. The number of anilines is 1. The highest BCUT2D eigenvalue weighted by Gasteiger charge is 2.32. The molecular formula is C26H42N4O7. The average molecular weight is 523 g/mol. The maximum Gasteiger partial charge on any atom is 0.254 e. The van der Waals surface area contributed by atoms with E-state index in [1.807, 2.05) is 34.6 Å². The van der Waals surface area contributed by atoms with Crippen molar-refractivity contribution in [3.05, 3.63) is 29.3 Å².